The number of aryl methyl sites for hydroxylation is 1. The molecule has 0 saturated carbocycles. The molecule has 5 heteroatoms. The van der Waals surface area contributed by atoms with Gasteiger partial charge in [0.2, 0.25) is 0 Å². The maximum atomic E-state index is 11.5. The van der Waals surface area contributed by atoms with E-state index < -0.39 is 5.97 Å². The first kappa shape index (κ1) is 19.0. The van der Waals surface area contributed by atoms with Gasteiger partial charge in [-0.1, -0.05) is 50.9 Å². The van der Waals surface area contributed by atoms with E-state index in [9.17, 15) is 9.90 Å². The van der Waals surface area contributed by atoms with Crippen LogP contribution in [0, 0.1) is 0 Å². The Bertz CT molecular complexity index is 788. The molecule has 0 spiro atoms. The van der Waals surface area contributed by atoms with Crippen molar-refractivity contribution in [3.05, 3.63) is 52.1 Å². The van der Waals surface area contributed by atoms with Crippen LogP contribution in [0.2, 0.25) is 5.02 Å². The fourth-order valence-corrected chi connectivity index (χ4v) is 4.02. The average molecular weight is 375 g/mol. The highest BCUT2D eigenvalue weighted by molar-refractivity contribution is 6.30. The van der Waals surface area contributed by atoms with E-state index in [0.29, 0.717) is 6.54 Å². The van der Waals surface area contributed by atoms with Crippen molar-refractivity contribution < 1.29 is 9.90 Å². The van der Waals surface area contributed by atoms with Gasteiger partial charge in [-0.25, -0.2) is 4.98 Å². The number of fused-ring (bicyclic) bond motifs is 1. The second-order valence-corrected chi connectivity index (χ2v) is 8.71. The molecule has 2 aromatic rings. The molecule has 3 rings (SSSR count). The van der Waals surface area contributed by atoms with Crippen molar-refractivity contribution >= 4 is 17.6 Å². The Balaban J connectivity index is 2.11. The van der Waals surface area contributed by atoms with E-state index in [2.05, 4.69) is 25.3 Å². The van der Waals surface area contributed by atoms with Crippen molar-refractivity contribution in [3.8, 4) is 0 Å². The fraction of sp³-hybridized carbons (Fsp3) is 0.524. The van der Waals surface area contributed by atoms with E-state index >= 15 is 0 Å². The van der Waals surface area contributed by atoms with Crippen molar-refractivity contribution in [1.29, 1.82) is 0 Å². The van der Waals surface area contributed by atoms with Gasteiger partial charge in [-0.2, -0.15) is 0 Å². The molecule has 1 heterocycles. The smallest absolute Gasteiger partial charge is 0.304 e. The van der Waals surface area contributed by atoms with E-state index in [1.165, 1.54) is 0 Å². The molecule has 1 unspecified atom stereocenters. The van der Waals surface area contributed by atoms with Crippen LogP contribution in [0.15, 0.2) is 24.3 Å². The van der Waals surface area contributed by atoms with E-state index in [1.54, 1.807) is 0 Å². The summed E-state index contributed by atoms with van der Waals surface area (Å²) < 4.78 is 2.28. The molecule has 1 N–H and O–H groups in total. The highest BCUT2D eigenvalue weighted by Gasteiger charge is 2.31. The summed E-state index contributed by atoms with van der Waals surface area (Å²) in [5, 5.41) is 10.1. The van der Waals surface area contributed by atoms with Crippen LogP contribution in [0.5, 0.6) is 0 Å². The lowest BCUT2D eigenvalue weighted by Gasteiger charge is -2.24. The van der Waals surface area contributed by atoms with Gasteiger partial charge in [0.1, 0.15) is 5.82 Å². The lowest BCUT2D eigenvalue weighted by atomic mass is 9.94. The van der Waals surface area contributed by atoms with E-state index in [0.717, 1.165) is 53.5 Å². The van der Waals surface area contributed by atoms with E-state index in [4.69, 9.17) is 16.6 Å². The van der Waals surface area contributed by atoms with Gasteiger partial charge in [-0.05, 0) is 37.0 Å². The summed E-state index contributed by atoms with van der Waals surface area (Å²) in [6.45, 7) is 7.19. The molecule has 0 amide bonds. The summed E-state index contributed by atoms with van der Waals surface area (Å²) in [7, 11) is 0. The number of hydrogen-bond donors (Lipinski definition) is 1. The van der Waals surface area contributed by atoms with Gasteiger partial charge in [-0.15, -0.1) is 0 Å². The summed E-state index contributed by atoms with van der Waals surface area (Å²) in [6.07, 6.45) is 4.14. The molecule has 0 fully saturated rings. The summed E-state index contributed by atoms with van der Waals surface area (Å²) >= 11 is 6.03. The Hall–Kier alpha value is -1.81. The number of halogens is 1. The average Bonchev–Trinajstić information content (AvgIpc) is 2.79. The number of rotatable bonds is 4. The van der Waals surface area contributed by atoms with Gasteiger partial charge in [-0.3, -0.25) is 4.79 Å². The number of carboxylic acid groups (broad SMARTS) is 1. The molecule has 0 bridgehead atoms. The van der Waals surface area contributed by atoms with Crippen molar-refractivity contribution in [2.24, 2.45) is 0 Å². The molecular weight excluding hydrogens is 348 g/mol. The zero-order valence-corrected chi connectivity index (χ0v) is 16.5. The second-order valence-electron chi connectivity index (χ2n) is 8.27. The number of nitrogens with zero attached hydrogens (tertiary/aromatic N) is 2. The first-order valence-corrected chi connectivity index (χ1v) is 9.69. The lowest BCUT2D eigenvalue weighted by molar-refractivity contribution is -0.137. The Morgan fingerprint density at radius 2 is 1.96 bits per heavy atom. The van der Waals surface area contributed by atoms with Gasteiger partial charge in [0.05, 0.1) is 12.1 Å². The predicted octanol–water partition coefficient (Wildman–Crippen LogP) is 5.17. The van der Waals surface area contributed by atoms with Crippen LogP contribution in [0.1, 0.15) is 75.1 Å². The van der Waals surface area contributed by atoms with Crippen LogP contribution in [0.3, 0.4) is 0 Å². The van der Waals surface area contributed by atoms with Gasteiger partial charge in [0, 0.05) is 28.6 Å². The Morgan fingerprint density at radius 1 is 1.27 bits per heavy atom. The second kappa shape index (κ2) is 7.43. The van der Waals surface area contributed by atoms with E-state index in [-0.39, 0.29) is 17.8 Å². The molecular formula is C21H27ClN2O2. The summed E-state index contributed by atoms with van der Waals surface area (Å²) in [4.78, 5) is 16.5. The number of hydrogen-bond acceptors (Lipinski definition) is 2. The molecule has 1 aliphatic carbocycles. The standard InChI is InChI=1S/C21H27ClN2O2/c1-21(2,3)20-23-17-7-5-4-6-15(12-18(25)26)19(17)24(20)13-14-8-10-16(22)11-9-14/h8-11,15H,4-7,12-13H2,1-3H3,(H,25,26). The molecule has 4 nitrogen and oxygen atoms in total. The topological polar surface area (TPSA) is 55.1 Å². The zero-order chi connectivity index (χ0) is 18.9. The summed E-state index contributed by atoms with van der Waals surface area (Å²) in [5.74, 6) is 0.329. The lowest BCUT2D eigenvalue weighted by Crippen LogP contribution is -2.22. The first-order valence-electron chi connectivity index (χ1n) is 9.31. The van der Waals surface area contributed by atoms with Crippen molar-refractivity contribution in [1.82, 2.24) is 9.55 Å². The van der Waals surface area contributed by atoms with Crippen LogP contribution in [-0.4, -0.2) is 20.6 Å². The molecule has 26 heavy (non-hydrogen) atoms. The number of carboxylic acids is 1. The quantitative estimate of drug-likeness (QED) is 0.751. The summed E-state index contributed by atoms with van der Waals surface area (Å²) in [5.41, 5.74) is 3.27. The zero-order valence-electron chi connectivity index (χ0n) is 15.8. The minimum absolute atomic E-state index is 0.0286. The molecule has 1 atom stereocenters. The van der Waals surface area contributed by atoms with Gasteiger partial charge >= 0.3 is 5.97 Å². The number of aliphatic carboxylic acids is 1. The van der Waals surface area contributed by atoms with Crippen molar-refractivity contribution in [3.63, 3.8) is 0 Å². The molecule has 1 aromatic heterocycles. The third-order valence-electron chi connectivity index (χ3n) is 5.03. The van der Waals surface area contributed by atoms with Gasteiger partial charge in [0.25, 0.3) is 0 Å². The molecule has 0 aliphatic heterocycles. The van der Waals surface area contributed by atoms with Crippen molar-refractivity contribution in [2.75, 3.05) is 0 Å². The Labute approximate surface area is 160 Å². The van der Waals surface area contributed by atoms with Crippen LogP contribution in [0.25, 0.3) is 0 Å². The van der Waals surface area contributed by atoms with Crippen molar-refractivity contribution in [2.45, 2.75) is 70.8 Å². The Morgan fingerprint density at radius 3 is 2.58 bits per heavy atom. The van der Waals surface area contributed by atoms with Crippen LogP contribution in [-0.2, 0) is 23.2 Å². The fourth-order valence-electron chi connectivity index (χ4n) is 3.89. The highest BCUT2D eigenvalue weighted by atomic mass is 35.5. The Kier molecular flexibility index (Phi) is 5.42. The van der Waals surface area contributed by atoms with Gasteiger partial charge in [0.15, 0.2) is 0 Å². The maximum Gasteiger partial charge on any atom is 0.304 e. The van der Waals surface area contributed by atoms with E-state index in [1.807, 2.05) is 24.3 Å². The SMILES string of the molecule is CC(C)(C)c1nc2c(n1Cc1ccc(Cl)cc1)C(CC(=O)O)CCCC2. The number of benzene rings is 1. The van der Waals surface area contributed by atoms with Crippen LogP contribution >= 0.6 is 11.6 Å². The molecule has 1 aliphatic rings. The van der Waals surface area contributed by atoms with Gasteiger partial charge < -0.3 is 9.67 Å². The normalized spacial score (nSPS) is 17.6. The third-order valence-corrected chi connectivity index (χ3v) is 5.28. The summed E-state index contributed by atoms with van der Waals surface area (Å²) in [6, 6.07) is 7.87. The highest BCUT2D eigenvalue weighted by Crippen LogP contribution is 2.37. The number of imidazole rings is 1. The minimum atomic E-state index is -0.737. The molecule has 140 valence electrons. The monoisotopic (exact) mass is 374 g/mol. The van der Waals surface area contributed by atoms with Crippen LogP contribution in [0.4, 0.5) is 0 Å². The number of aromatic nitrogens is 2. The molecule has 0 radical (unpaired) electrons. The number of carbonyl (C=O) groups is 1. The maximum absolute atomic E-state index is 11.5. The minimum Gasteiger partial charge on any atom is -0.481 e. The first-order chi connectivity index (χ1) is 12.3. The van der Waals surface area contributed by atoms with Crippen LogP contribution < -0.4 is 0 Å². The molecule has 1 aromatic carbocycles. The predicted molar refractivity (Wildman–Crippen MR) is 104 cm³/mol. The largest absolute Gasteiger partial charge is 0.481 e. The third kappa shape index (κ3) is 4.12. The molecule has 0 saturated heterocycles.